The molecule has 0 heterocycles. The predicted octanol–water partition coefficient (Wildman–Crippen LogP) is 0.307. The largest absolute Gasteiger partial charge is 0.497 e. The number of hydrogen-bond donors (Lipinski definition) is 3. The third-order valence-corrected chi connectivity index (χ3v) is 2.23. The molecule has 0 saturated heterocycles. The first-order chi connectivity index (χ1) is 9.08. The summed E-state index contributed by atoms with van der Waals surface area (Å²) in [6, 6.07) is 4.30. The summed E-state index contributed by atoms with van der Waals surface area (Å²) in [5, 5.41) is 11.5. The molecule has 4 N–H and O–H groups in total. The lowest BCUT2D eigenvalue weighted by atomic mass is 10.1. The van der Waals surface area contributed by atoms with Crippen LogP contribution in [0.3, 0.4) is 0 Å². The van der Waals surface area contributed by atoms with Gasteiger partial charge in [-0.3, -0.25) is 4.79 Å². The van der Waals surface area contributed by atoms with Crippen molar-refractivity contribution < 1.29 is 24.2 Å². The van der Waals surface area contributed by atoms with E-state index in [1.807, 2.05) is 0 Å². The van der Waals surface area contributed by atoms with Gasteiger partial charge < -0.3 is 25.6 Å². The molecule has 1 amide bonds. The SMILES string of the molecule is COc1ccc(C(=O)O)c(NC(=O)COCCN)c1. The van der Waals surface area contributed by atoms with Crippen molar-refractivity contribution in [2.75, 3.05) is 32.2 Å². The summed E-state index contributed by atoms with van der Waals surface area (Å²) in [6.07, 6.45) is 0. The van der Waals surface area contributed by atoms with Crippen LogP contribution < -0.4 is 15.8 Å². The van der Waals surface area contributed by atoms with Crippen LogP contribution in [-0.4, -0.2) is 43.9 Å². The fourth-order valence-corrected chi connectivity index (χ4v) is 1.37. The van der Waals surface area contributed by atoms with E-state index >= 15 is 0 Å². The number of carbonyl (C=O) groups is 2. The van der Waals surface area contributed by atoms with E-state index in [0.717, 1.165) is 0 Å². The molecule has 7 nitrogen and oxygen atoms in total. The molecule has 0 bridgehead atoms. The Morgan fingerprint density at radius 2 is 2.16 bits per heavy atom. The van der Waals surface area contributed by atoms with Crippen molar-refractivity contribution >= 4 is 17.6 Å². The van der Waals surface area contributed by atoms with E-state index in [0.29, 0.717) is 12.3 Å². The molecular weight excluding hydrogens is 252 g/mol. The highest BCUT2D eigenvalue weighted by molar-refractivity contribution is 6.01. The molecule has 1 aromatic carbocycles. The van der Waals surface area contributed by atoms with E-state index in [4.69, 9.17) is 20.3 Å². The topological polar surface area (TPSA) is 111 Å². The fraction of sp³-hybridized carbons (Fsp3) is 0.333. The second-order valence-corrected chi connectivity index (χ2v) is 3.61. The van der Waals surface area contributed by atoms with E-state index in [2.05, 4.69) is 5.32 Å². The average Bonchev–Trinajstić information content (AvgIpc) is 2.38. The van der Waals surface area contributed by atoms with Crippen LogP contribution in [0.4, 0.5) is 5.69 Å². The van der Waals surface area contributed by atoms with Crippen molar-refractivity contribution in [2.24, 2.45) is 5.73 Å². The molecule has 0 saturated carbocycles. The zero-order valence-corrected chi connectivity index (χ0v) is 10.5. The van der Waals surface area contributed by atoms with Crippen LogP contribution in [0, 0.1) is 0 Å². The summed E-state index contributed by atoms with van der Waals surface area (Å²) in [6.45, 7) is 0.387. The number of rotatable bonds is 7. The second kappa shape index (κ2) is 7.34. The summed E-state index contributed by atoms with van der Waals surface area (Å²) >= 11 is 0. The van der Waals surface area contributed by atoms with Gasteiger partial charge in [0.05, 0.1) is 25.0 Å². The molecule has 0 aliphatic heterocycles. The van der Waals surface area contributed by atoms with Crippen LogP contribution in [0.25, 0.3) is 0 Å². The van der Waals surface area contributed by atoms with Crippen LogP contribution in [0.15, 0.2) is 18.2 Å². The maximum atomic E-state index is 11.6. The third kappa shape index (κ3) is 4.57. The van der Waals surface area contributed by atoms with E-state index < -0.39 is 11.9 Å². The molecule has 19 heavy (non-hydrogen) atoms. The lowest BCUT2D eigenvalue weighted by Gasteiger charge is -2.10. The highest BCUT2D eigenvalue weighted by Crippen LogP contribution is 2.22. The van der Waals surface area contributed by atoms with E-state index in [1.54, 1.807) is 0 Å². The second-order valence-electron chi connectivity index (χ2n) is 3.61. The molecule has 0 aliphatic carbocycles. The Kier molecular flexibility index (Phi) is 5.77. The first-order valence-electron chi connectivity index (χ1n) is 5.57. The summed E-state index contributed by atoms with van der Waals surface area (Å²) in [5.41, 5.74) is 5.36. The maximum Gasteiger partial charge on any atom is 0.337 e. The zero-order valence-electron chi connectivity index (χ0n) is 10.5. The Labute approximate surface area is 110 Å². The number of carboxylic acids is 1. The van der Waals surface area contributed by atoms with Crippen molar-refractivity contribution in [3.05, 3.63) is 23.8 Å². The number of aromatic carboxylic acids is 1. The number of hydrogen-bond acceptors (Lipinski definition) is 5. The minimum atomic E-state index is -1.14. The Bertz CT molecular complexity index is 461. The van der Waals surface area contributed by atoms with Crippen molar-refractivity contribution in [3.8, 4) is 5.75 Å². The summed E-state index contributed by atoms with van der Waals surface area (Å²) in [4.78, 5) is 22.6. The normalized spacial score (nSPS) is 10.0. The third-order valence-electron chi connectivity index (χ3n) is 2.23. The number of anilines is 1. The minimum Gasteiger partial charge on any atom is -0.497 e. The Morgan fingerprint density at radius 3 is 2.74 bits per heavy atom. The maximum absolute atomic E-state index is 11.6. The van der Waals surface area contributed by atoms with Gasteiger partial charge in [-0.05, 0) is 12.1 Å². The van der Waals surface area contributed by atoms with Gasteiger partial charge in [-0.1, -0.05) is 0 Å². The van der Waals surface area contributed by atoms with Crippen LogP contribution in [0.5, 0.6) is 5.75 Å². The van der Waals surface area contributed by atoms with Crippen molar-refractivity contribution in [2.45, 2.75) is 0 Å². The number of methoxy groups -OCH3 is 1. The van der Waals surface area contributed by atoms with Crippen LogP contribution in [0.1, 0.15) is 10.4 Å². The molecule has 0 spiro atoms. The molecule has 0 radical (unpaired) electrons. The van der Waals surface area contributed by atoms with Gasteiger partial charge in [-0.15, -0.1) is 0 Å². The quantitative estimate of drug-likeness (QED) is 0.614. The van der Waals surface area contributed by atoms with Crippen molar-refractivity contribution in [1.29, 1.82) is 0 Å². The van der Waals surface area contributed by atoms with Gasteiger partial charge in [0.2, 0.25) is 5.91 Å². The summed E-state index contributed by atoms with van der Waals surface area (Å²) in [5.74, 6) is -1.15. The average molecular weight is 268 g/mol. The number of nitrogens with two attached hydrogens (primary N) is 1. The van der Waals surface area contributed by atoms with Crippen LogP contribution in [0.2, 0.25) is 0 Å². The van der Waals surface area contributed by atoms with Gasteiger partial charge >= 0.3 is 5.97 Å². The van der Waals surface area contributed by atoms with E-state index in [-0.39, 0.29) is 24.5 Å². The number of amides is 1. The standard InChI is InChI=1S/C12H16N2O5/c1-18-8-2-3-9(12(16)17)10(6-8)14-11(15)7-19-5-4-13/h2-3,6H,4-5,7,13H2,1H3,(H,14,15)(H,16,17). The molecule has 0 aromatic heterocycles. The molecule has 7 heteroatoms. The highest BCUT2D eigenvalue weighted by Gasteiger charge is 2.13. The van der Waals surface area contributed by atoms with Crippen molar-refractivity contribution in [3.63, 3.8) is 0 Å². The lowest BCUT2D eigenvalue weighted by molar-refractivity contribution is -0.120. The molecular formula is C12H16N2O5. The van der Waals surface area contributed by atoms with Crippen molar-refractivity contribution in [1.82, 2.24) is 0 Å². The Morgan fingerprint density at radius 1 is 1.42 bits per heavy atom. The van der Waals surface area contributed by atoms with Gasteiger partial charge in [-0.25, -0.2) is 4.79 Å². The molecule has 1 aromatic rings. The van der Waals surface area contributed by atoms with Crippen LogP contribution in [-0.2, 0) is 9.53 Å². The Hall–Kier alpha value is -2.12. The molecule has 104 valence electrons. The molecule has 0 fully saturated rings. The van der Waals surface area contributed by atoms with Gasteiger partial charge in [0, 0.05) is 12.6 Å². The van der Waals surface area contributed by atoms with Gasteiger partial charge in [0.15, 0.2) is 0 Å². The molecule has 0 unspecified atom stereocenters. The molecule has 0 aliphatic rings. The molecule has 1 rings (SSSR count). The zero-order chi connectivity index (χ0) is 14.3. The monoisotopic (exact) mass is 268 g/mol. The van der Waals surface area contributed by atoms with Gasteiger partial charge in [0.25, 0.3) is 0 Å². The highest BCUT2D eigenvalue weighted by atomic mass is 16.5. The van der Waals surface area contributed by atoms with E-state index in [9.17, 15) is 9.59 Å². The first kappa shape index (κ1) is 14.9. The predicted molar refractivity (Wildman–Crippen MR) is 68.5 cm³/mol. The number of ether oxygens (including phenoxy) is 2. The summed E-state index contributed by atoms with van der Waals surface area (Å²) < 4.78 is 9.94. The van der Waals surface area contributed by atoms with E-state index in [1.165, 1.54) is 25.3 Å². The number of nitrogens with one attached hydrogen (secondary N) is 1. The smallest absolute Gasteiger partial charge is 0.337 e. The number of carboxylic acid groups (broad SMARTS) is 1. The van der Waals surface area contributed by atoms with Crippen LogP contribution >= 0.6 is 0 Å². The molecule has 0 atom stereocenters. The minimum absolute atomic E-state index is 0.0204. The number of benzene rings is 1. The summed E-state index contributed by atoms with van der Waals surface area (Å²) in [7, 11) is 1.45. The van der Waals surface area contributed by atoms with Gasteiger partial charge in [0.1, 0.15) is 12.4 Å². The number of carbonyl (C=O) groups excluding carboxylic acids is 1. The first-order valence-corrected chi connectivity index (χ1v) is 5.57. The Balaban J connectivity index is 2.79. The fourth-order valence-electron chi connectivity index (χ4n) is 1.37. The van der Waals surface area contributed by atoms with Gasteiger partial charge in [-0.2, -0.15) is 0 Å². The lowest BCUT2D eigenvalue weighted by Crippen LogP contribution is -2.22.